The summed E-state index contributed by atoms with van der Waals surface area (Å²) in [5.41, 5.74) is -0.803. The van der Waals surface area contributed by atoms with E-state index in [1.165, 1.54) is 48.4 Å². The molecular formula is C34H28F3N3O4S. The zero-order valence-electron chi connectivity index (χ0n) is 24.1. The lowest BCUT2D eigenvalue weighted by Gasteiger charge is -2.35. The molecular weight excluding hydrogens is 603 g/mol. The Bertz CT molecular complexity index is 1990. The number of allylic oxidation sites excluding steroid dienone is 4. The van der Waals surface area contributed by atoms with E-state index in [0.29, 0.717) is 17.1 Å². The molecule has 1 heterocycles. The van der Waals surface area contributed by atoms with Gasteiger partial charge in [-0.3, -0.25) is 18.8 Å². The minimum atomic E-state index is -4.67. The molecule has 6 rings (SSSR count). The average molecular weight is 632 g/mol. The van der Waals surface area contributed by atoms with Gasteiger partial charge in [-0.15, -0.1) is 0 Å². The number of hydrogen-bond donors (Lipinski definition) is 1. The smallest absolute Gasteiger partial charge is 0.323 e. The van der Waals surface area contributed by atoms with Crippen molar-refractivity contribution in [2.75, 3.05) is 27.3 Å². The van der Waals surface area contributed by atoms with Crippen molar-refractivity contribution in [2.24, 2.45) is 0 Å². The number of sulfonamides is 1. The minimum absolute atomic E-state index is 0.0700. The van der Waals surface area contributed by atoms with Crippen LogP contribution in [0.15, 0.2) is 109 Å². The summed E-state index contributed by atoms with van der Waals surface area (Å²) < 4.78 is 70.7. The maximum Gasteiger partial charge on any atom is 0.416 e. The van der Waals surface area contributed by atoms with Crippen LogP contribution in [0, 0.1) is 0 Å². The predicted octanol–water partition coefficient (Wildman–Crippen LogP) is 7.09. The predicted molar refractivity (Wildman–Crippen MR) is 169 cm³/mol. The number of rotatable bonds is 6. The van der Waals surface area contributed by atoms with Gasteiger partial charge in [0.15, 0.2) is 0 Å². The number of carbonyl (C=O) groups is 2. The number of amides is 2. The second kappa shape index (κ2) is 11.2. The molecule has 0 bridgehead atoms. The molecule has 1 aliphatic carbocycles. The highest BCUT2D eigenvalue weighted by Gasteiger charge is 2.43. The van der Waals surface area contributed by atoms with Crippen LogP contribution in [0.4, 0.5) is 35.9 Å². The summed E-state index contributed by atoms with van der Waals surface area (Å²) in [6.45, 7) is 0. The van der Waals surface area contributed by atoms with Crippen LogP contribution in [0.2, 0.25) is 0 Å². The van der Waals surface area contributed by atoms with Crippen molar-refractivity contribution >= 4 is 55.4 Å². The van der Waals surface area contributed by atoms with Crippen LogP contribution >= 0.6 is 0 Å². The fourth-order valence-corrected chi connectivity index (χ4v) is 7.66. The molecule has 1 unspecified atom stereocenters. The summed E-state index contributed by atoms with van der Waals surface area (Å²) in [6, 6.07) is 22.3. The third kappa shape index (κ3) is 5.59. The summed E-state index contributed by atoms with van der Waals surface area (Å²) >= 11 is 0. The molecule has 7 nitrogen and oxygen atoms in total. The Morgan fingerprint density at radius 2 is 1.62 bits per heavy atom. The largest absolute Gasteiger partial charge is 0.416 e. The van der Waals surface area contributed by atoms with Gasteiger partial charge >= 0.3 is 6.18 Å². The zero-order chi connectivity index (χ0) is 32.0. The van der Waals surface area contributed by atoms with Gasteiger partial charge in [0.05, 0.1) is 28.4 Å². The monoisotopic (exact) mass is 631 g/mol. The van der Waals surface area contributed by atoms with Crippen LogP contribution in [0.5, 0.6) is 0 Å². The topological polar surface area (TPSA) is 86.8 Å². The van der Waals surface area contributed by atoms with Crippen LogP contribution in [0.3, 0.4) is 0 Å². The maximum absolute atomic E-state index is 14.0. The Kier molecular flexibility index (Phi) is 7.52. The summed E-state index contributed by atoms with van der Waals surface area (Å²) in [7, 11) is -2.83. The van der Waals surface area contributed by atoms with Crippen LogP contribution in [-0.4, -0.2) is 33.0 Å². The number of alkyl halides is 3. The zero-order valence-corrected chi connectivity index (χ0v) is 24.9. The van der Waals surface area contributed by atoms with Gasteiger partial charge in [-0.1, -0.05) is 72.8 Å². The quantitative estimate of drug-likeness (QED) is 0.230. The summed E-state index contributed by atoms with van der Waals surface area (Å²) in [5.74, 6) is -1.52. The van der Waals surface area contributed by atoms with E-state index in [1.807, 2.05) is 30.3 Å². The molecule has 1 atom stereocenters. The van der Waals surface area contributed by atoms with Gasteiger partial charge in [-0.2, -0.15) is 13.2 Å². The molecule has 1 N–H and O–H groups in total. The number of nitrogens with one attached hydrogen (secondary N) is 1. The van der Waals surface area contributed by atoms with Gasteiger partial charge in [0, 0.05) is 23.5 Å². The van der Waals surface area contributed by atoms with Crippen molar-refractivity contribution in [3.63, 3.8) is 0 Å². The van der Waals surface area contributed by atoms with Gasteiger partial charge < -0.3 is 5.32 Å². The van der Waals surface area contributed by atoms with Crippen molar-refractivity contribution in [3.05, 3.63) is 120 Å². The third-order valence-electron chi connectivity index (χ3n) is 8.22. The molecule has 0 radical (unpaired) electrons. The second-order valence-electron chi connectivity index (χ2n) is 11.1. The van der Waals surface area contributed by atoms with Crippen molar-refractivity contribution < 1.29 is 31.2 Å². The molecule has 0 aromatic heterocycles. The fourth-order valence-electron chi connectivity index (χ4n) is 6.00. The molecule has 0 spiro atoms. The van der Waals surface area contributed by atoms with E-state index in [4.69, 9.17) is 0 Å². The first-order valence-corrected chi connectivity index (χ1v) is 15.7. The summed E-state index contributed by atoms with van der Waals surface area (Å²) in [4.78, 5) is 27.3. The van der Waals surface area contributed by atoms with Crippen molar-refractivity contribution in [1.82, 2.24) is 0 Å². The van der Waals surface area contributed by atoms with E-state index < -0.39 is 44.7 Å². The number of halogens is 3. The van der Waals surface area contributed by atoms with Crippen molar-refractivity contribution in [1.29, 1.82) is 0 Å². The van der Waals surface area contributed by atoms with Gasteiger partial charge in [-0.05, 0) is 53.8 Å². The minimum Gasteiger partial charge on any atom is -0.323 e. The molecule has 230 valence electrons. The van der Waals surface area contributed by atoms with E-state index in [-0.39, 0.29) is 24.1 Å². The second-order valence-corrected chi connectivity index (χ2v) is 13.1. The average Bonchev–Trinajstić information content (AvgIpc) is 3.15. The number of fused-ring (bicyclic) bond motifs is 3. The Balaban J connectivity index is 1.34. The van der Waals surface area contributed by atoms with Crippen LogP contribution in [-0.2, 0) is 31.2 Å². The normalized spacial score (nSPS) is 18.4. The van der Waals surface area contributed by atoms with Gasteiger partial charge in [0.2, 0.25) is 21.8 Å². The Hall–Kier alpha value is -4.90. The van der Waals surface area contributed by atoms with E-state index in [1.54, 1.807) is 36.4 Å². The highest BCUT2D eigenvalue weighted by molar-refractivity contribution is 7.92. The molecule has 0 saturated carbocycles. The highest BCUT2D eigenvalue weighted by Crippen LogP contribution is 2.43. The number of carbonyl (C=O) groups excluding carboxylic acids is 2. The lowest BCUT2D eigenvalue weighted by Crippen LogP contribution is -2.41. The van der Waals surface area contributed by atoms with E-state index in [9.17, 15) is 31.2 Å². The third-order valence-corrected chi connectivity index (χ3v) is 10.1. The van der Waals surface area contributed by atoms with Gasteiger partial charge in [0.25, 0.3) is 0 Å². The van der Waals surface area contributed by atoms with E-state index >= 15 is 0 Å². The number of anilines is 4. The Labute approximate surface area is 258 Å². The van der Waals surface area contributed by atoms with Crippen molar-refractivity contribution in [3.8, 4) is 0 Å². The fraction of sp³-hybridized carbons (Fsp3) is 0.176. The van der Waals surface area contributed by atoms with Crippen LogP contribution < -0.4 is 14.5 Å². The molecule has 1 aliphatic heterocycles. The van der Waals surface area contributed by atoms with E-state index in [0.717, 1.165) is 21.1 Å². The number of hydrogen-bond acceptors (Lipinski definition) is 4. The van der Waals surface area contributed by atoms with Crippen LogP contribution in [0.25, 0.3) is 10.8 Å². The first-order chi connectivity index (χ1) is 21.4. The first-order valence-electron chi connectivity index (χ1n) is 14.1. The van der Waals surface area contributed by atoms with Gasteiger partial charge in [-0.25, -0.2) is 8.42 Å². The first kappa shape index (κ1) is 30.1. The molecule has 11 heteroatoms. The lowest BCUT2D eigenvalue weighted by molar-refractivity contribution is -0.138. The number of nitrogens with zero attached hydrogens (tertiary/aromatic N) is 2. The summed E-state index contributed by atoms with van der Waals surface area (Å²) in [6.07, 6.45) is 1.45. The lowest BCUT2D eigenvalue weighted by atomic mass is 9.75. The molecule has 0 saturated heterocycles. The SMILES string of the molecule is CN(c1ccc(N2C(=O)CC(=O)Nc3c2ccc2ccccc32)cc1)S(=O)(=O)CC1(c2ccccc2C(F)(F)F)C=CC=CC1. The standard InChI is InChI=1S/C34H28F3N3O4S/c1-39(45(43,44)22-33(19-7-2-8-20-33)27-11-5-6-12-28(27)34(35,36)37)24-14-16-25(17-15-24)40-29-18-13-23-9-3-4-10-26(23)32(29)38-30(41)21-31(40)42/h2-19H,20-22H2,1H3,(H,38,41). The molecule has 4 aromatic rings. The number of benzene rings is 4. The molecule has 2 aliphatic rings. The maximum atomic E-state index is 14.0. The molecule has 4 aromatic carbocycles. The highest BCUT2D eigenvalue weighted by atomic mass is 32.2. The molecule has 0 fully saturated rings. The van der Waals surface area contributed by atoms with Crippen molar-refractivity contribution in [2.45, 2.75) is 24.4 Å². The Morgan fingerprint density at radius 3 is 2.33 bits per heavy atom. The van der Waals surface area contributed by atoms with Gasteiger partial charge in [0.1, 0.15) is 6.42 Å². The Morgan fingerprint density at radius 1 is 0.911 bits per heavy atom. The molecule has 2 amide bonds. The van der Waals surface area contributed by atoms with Crippen LogP contribution in [0.1, 0.15) is 24.0 Å². The van der Waals surface area contributed by atoms with E-state index in [2.05, 4.69) is 5.32 Å². The summed E-state index contributed by atoms with van der Waals surface area (Å²) in [5, 5.41) is 4.49. The molecule has 45 heavy (non-hydrogen) atoms.